The molecule has 1 fully saturated rings. The SMILES string of the molecule is C=C1C[C@H](OC)[C@@H](OC(N)=O)/C(C)=C\[C@@H](C)[C@H]2OC3=C(CC(O)C=C3[C@@H](OC)[C@@H](C)C[C@@H]2OC)NC(=O)[C@@](C)(O)C1. The minimum Gasteiger partial charge on any atom is -0.485 e. The quantitative estimate of drug-likeness (QED) is 0.368. The lowest BCUT2D eigenvalue weighted by Gasteiger charge is -2.41. The van der Waals surface area contributed by atoms with Gasteiger partial charge in [0.2, 0.25) is 0 Å². The van der Waals surface area contributed by atoms with Crippen LogP contribution in [0.3, 0.4) is 0 Å². The third-order valence-electron chi connectivity index (χ3n) is 8.14. The summed E-state index contributed by atoms with van der Waals surface area (Å²) in [7, 11) is 4.68. The first kappa shape index (κ1) is 32.8. The highest BCUT2D eigenvalue weighted by atomic mass is 16.6. The van der Waals surface area contributed by atoms with Gasteiger partial charge in [0.15, 0.2) is 6.10 Å². The number of fused-ring (bicyclic) bond motifs is 1. The molecule has 11 nitrogen and oxygen atoms in total. The van der Waals surface area contributed by atoms with E-state index in [1.165, 1.54) is 14.0 Å². The van der Waals surface area contributed by atoms with Gasteiger partial charge in [-0.25, -0.2) is 4.79 Å². The molecule has 1 saturated heterocycles. The number of ether oxygens (including phenoxy) is 5. The van der Waals surface area contributed by atoms with Gasteiger partial charge in [-0.15, -0.1) is 0 Å². The summed E-state index contributed by atoms with van der Waals surface area (Å²) in [6.07, 6.45) is -0.413. The first-order chi connectivity index (χ1) is 19.2. The van der Waals surface area contributed by atoms with Crippen LogP contribution < -0.4 is 11.1 Å². The number of aliphatic hydroxyl groups excluding tert-OH is 1. The molecule has 0 aromatic carbocycles. The van der Waals surface area contributed by atoms with Gasteiger partial charge in [-0.1, -0.05) is 32.1 Å². The molecule has 0 aromatic rings. The van der Waals surface area contributed by atoms with Gasteiger partial charge in [-0.05, 0) is 44.3 Å². The zero-order valence-corrected chi connectivity index (χ0v) is 25.1. The fraction of sp³-hybridized carbons (Fsp3) is 0.667. The van der Waals surface area contributed by atoms with Crippen molar-refractivity contribution in [3.63, 3.8) is 0 Å². The minimum absolute atomic E-state index is 0.0468. The fourth-order valence-electron chi connectivity index (χ4n) is 6.17. The predicted octanol–water partition coefficient (Wildman–Crippen LogP) is 2.62. The van der Waals surface area contributed by atoms with Gasteiger partial charge < -0.3 is 44.9 Å². The maximum atomic E-state index is 13.5. The molecule has 9 atom stereocenters. The van der Waals surface area contributed by atoms with Crippen molar-refractivity contribution in [3.8, 4) is 0 Å². The average Bonchev–Trinajstić information content (AvgIpc) is 2.87. The van der Waals surface area contributed by atoms with Crippen LogP contribution >= 0.6 is 0 Å². The Balaban J connectivity index is 2.24. The molecule has 5 N–H and O–H groups in total. The van der Waals surface area contributed by atoms with Gasteiger partial charge in [0.1, 0.15) is 23.6 Å². The van der Waals surface area contributed by atoms with Crippen LogP contribution in [-0.4, -0.2) is 85.8 Å². The number of nitrogens with two attached hydrogens (primary N) is 1. The molecule has 2 bridgehead atoms. The van der Waals surface area contributed by atoms with Crippen LogP contribution in [0.2, 0.25) is 0 Å². The first-order valence-corrected chi connectivity index (χ1v) is 14.0. The summed E-state index contributed by atoms with van der Waals surface area (Å²) >= 11 is 0. The Labute approximate surface area is 242 Å². The second kappa shape index (κ2) is 13.5. The third-order valence-corrected chi connectivity index (χ3v) is 8.14. The van der Waals surface area contributed by atoms with E-state index in [0.29, 0.717) is 34.6 Å². The highest BCUT2D eigenvalue weighted by Gasteiger charge is 2.42. The Hall–Kier alpha value is -2.70. The molecule has 1 unspecified atom stereocenters. The van der Waals surface area contributed by atoms with Crippen molar-refractivity contribution < 1.29 is 43.5 Å². The molecule has 11 heteroatoms. The number of methoxy groups -OCH3 is 3. The van der Waals surface area contributed by atoms with Crippen molar-refractivity contribution in [1.82, 2.24) is 5.32 Å². The number of carbonyl (C=O) groups is 2. The van der Waals surface area contributed by atoms with Crippen LogP contribution in [0.5, 0.6) is 0 Å². The summed E-state index contributed by atoms with van der Waals surface area (Å²) in [5.74, 6) is -0.638. The van der Waals surface area contributed by atoms with E-state index in [-0.39, 0.29) is 37.2 Å². The molecular formula is C30H46N2O9. The molecule has 41 heavy (non-hydrogen) atoms. The monoisotopic (exact) mass is 578 g/mol. The number of primary amides is 1. The zero-order chi connectivity index (χ0) is 30.6. The van der Waals surface area contributed by atoms with Crippen molar-refractivity contribution in [2.45, 2.75) is 95.6 Å². The highest BCUT2D eigenvalue weighted by Crippen LogP contribution is 2.40. The average molecular weight is 579 g/mol. The van der Waals surface area contributed by atoms with E-state index in [2.05, 4.69) is 11.9 Å². The Morgan fingerprint density at radius 3 is 2.37 bits per heavy atom. The van der Waals surface area contributed by atoms with Gasteiger partial charge in [0.05, 0.1) is 24.0 Å². The Morgan fingerprint density at radius 1 is 1.12 bits per heavy atom. The van der Waals surface area contributed by atoms with Gasteiger partial charge >= 0.3 is 6.09 Å². The second-order valence-corrected chi connectivity index (χ2v) is 11.7. The molecule has 1 aliphatic carbocycles. The van der Waals surface area contributed by atoms with Crippen LogP contribution in [0.1, 0.15) is 53.4 Å². The van der Waals surface area contributed by atoms with E-state index in [4.69, 9.17) is 29.4 Å². The molecule has 3 aliphatic rings. The lowest BCUT2D eigenvalue weighted by Crippen LogP contribution is -2.47. The van der Waals surface area contributed by atoms with E-state index in [1.54, 1.807) is 20.3 Å². The largest absolute Gasteiger partial charge is 0.485 e. The Kier molecular flexibility index (Phi) is 10.8. The number of hydrogen-bond donors (Lipinski definition) is 4. The molecule has 230 valence electrons. The van der Waals surface area contributed by atoms with E-state index in [0.717, 1.165) is 0 Å². The molecule has 0 aromatic heterocycles. The molecule has 2 amide bonds. The van der Waals surface area contributed by atoms with Gasteiger partial charge in [0, 0.05) is 45.7 Å². The number of rotatable bonds is 4. The molecule has 0 spiro atoms. The Morgan fingerprint density at radius 2 is 1.78 bits per heavy atom. The summed E-state index contributed by atoms with van der Waals surface area (Å²) in [6.45, 7) is 11.3. The van der Waals surface area contributed by atoms with Crippen molar-refractivity contribution in [1.29, 1.82) is 0 Å². The van der Waals surface area contributed by atoms with Crippen LogP contribution in [0.15, 0.2) is 46.9 Å². The van der Waals surface area contributed by atoms with Crippen LogP contribution in [-0.2, 0) is 28.5 Å². The van der Waals surface area contributed by atoms with E-state index in [1.807, 2.05) is 26.8 Å². The fourth-order valence-corrected chi connectivity index (χ4v) is 6.17. The smallest absolute Gasteiger partial charge is 0.405 e. The summed E-state index contributed by atoms with van der Waals surface area (Å²) in [5, 5.41) is 24.9. The van der Waals surface area contributed by atoms with Gasteiger partial charge in [-0.2, -0.15) is 0 Å². The van der Waals surface area contributed by atoms with Crippen LogP contribution in [0.4, 0.5) is 4.79 Å². The Bertz CT molecular complexity index is 1100. The molecule has 2 heterocycles. The lowest BCUT2D eigenvalue weighted by molar-refractivity contribution is -0.137. The molecular weight excluding hydrogens is 532 g/mol. The lowest BCUT2D eigenvalue weighted by atomic mass is 9.82. The van der Waals surface area contributed by atoms with E-state index in [9.17, 15) is 19.8 Å². The third kappa shape index (κ3) is 7.58. The van der Waals surface area contributed by atoms with Crippen LogP contribution in [0, 0.1) is 11.8 Å². The van der Waals surface area contributed by atoms with E-state index >= 15 is 0 Å². The second-order valence-electron chi connectivity index (χ2n) is 11.7. The van der Waals surface area contributed by atoms with Crippen molar-refractivity contribution in [3.05, 3.63) is 46.9 Å². The predicted molar refractivity (Wildman–Crippen MR) is 151 cm³/mol. The zero-order valence-electron chi connectivity index (χ0n) is 25.1. The standard InChI is InChI=1S/C30H46N2O9/c1-15-9-22(37-6)26(41-29(31)35)17(3)10-16(2)25-23(38-7)11-18(4)24(39-8)20-12-19(33)13-21(27(20)40-25)32-28(34)30(5,36)14-15/h10,12,16,18-19,22-26,33,36H,1,9,11,13-14H2,2-8H3,(H2,31,35)(H,32,34)/b17-10-/t16-,18+,19?,22+,23+,24+,25-,26+,30+/m1/s1. The summed E-state index contributed by atoms with van der Waals surface area (Å²) < 4.78 is 29.7. The van der Waals surface area contributed by atoms with Gasteiger partial charge in [0.25, 0.3) is 5.91 Å². The normalized spacial score (nSPS) is 38.6. The van der Waals surface area contributed by atoms with Crippen LogP contribution in [0.25, 0.3) is 0 Å². The molecule has 0 saturated carbocycles. The van der Waals surface area contributed by atoms with Gasteiger partial charge in [-0.3, -0.25) is 4.79 Å². The highest BCUT2D eigenvalue weighted by molar-refractivity contribution is 5.86. The first-order valence-electron chi connectivity index (χ1n) is 14.0. The number of hydrogen-bond acceptors (Lipinski definition) is 9. The maximum absolute atomic E-state index is 13.5. The van der Waals surface area contributed by atoms with E-state index < -0.39 is 48.1 Å². The minimum atomic E-state index is -1.86. The van der Waals surface area contributed by atoms with Crippen molar-refractivity contribution in [2.75, 3.05) is 21.3 Å². The van der Waals surface area contributed by atoms with Crippen molar-refractivity contribution in [2.24, 2.45) is 17.6 Å². The number of nitrogens with one attached hydrogen (secondary N) is 1. The van der Waals surface area contributed by atoms with Crippen molar-refractivity contribution >= 4 is 12.0 Å². The number of carbonyl (C=O) groups excluding carboxylic acids is 2. The molecule has 2 aliphatic heterocycles. The summed E-state index contributed by atoms with van der Waals surface area (Å²) in [4.78, 5) is 25.4. The number of aliphatic hydroxyl groups is 2. The molecule has 0 radical (unpaired) electrons. The summed E-state index contributed by atoms with van der Waals surface area (Å²) in [5.41, 5.74) is 5.71. The topological polar surface area (TPSA) is 159 Å². The summed E-state index contributed by atoms with van der Waals surface area (Å²) in [6, 6.07) is 0. The maximum Gasteiger partial charge on any atom is 0.405 e. The number of amides is 2. The molecule has 3 rings (SSSR count).